The molecule has 0 fully saturated rings. The number of hydrogen-bond acceptors (Lipinski definition) is 4. The Kier molecular flexibility index (Phi) is 4.15. The maximum Gasteiger partial charge on any atom is 0.146 e. The molecule has 0 saturated heterocycles. The summed E-state index contributed by atoms with van der Waals surface area (Å²) in [6.07, 6.45) is 3.39. The van der Waals surface area contributed by atoms with E-state index in [0.29, 0.717) is 18.9 Å². The van der Waals surface area contributed by atoms with E-state index in [4.69, 9.17) is 15.2 Å². The third-order valence-corrected chi connectivity index (χ3v) is 2.38. The summed E-state index contributed by atoms with van der Waals surface area (Å²) in [5, 5.41) is 0. The number of nitrogens with zero attached hydrogens (tertiary/aromatic N) is 1. The predicted molar refractivity (Wildman–Crippen MR) is 69.8 cm³/mol. The van der Waals surface area contributed by atoms with Crippen molar-refractivity contribution in [2.45, 2.75) is 13.5 Å². The molecule has 0 saturated carbocycles. The van der Waals surface area contributed by atoms with Crippen LogP contribution in [0.25, 0.3) is 0 Å². The molecule has 0 amide bonds. The third kappa shape index (κ3) is 3.21. The zero-order chi connectivity index (χ0) is 12.8. The van der Waals surface area contributed by atoms with Crippen molar-refractivity contribution >= 4 is 0 Å². The molecule has 4 heteroatoms. The zero-order valence-corrected chi connectivity index (χ0v) is 10.3. The van der Waals surface area contributed by atoms with E-state index in [1.807, 2.05) is 37.3 Å². The molecule has 0 aliphatic carbocycles. The maximum absolute atomic E-state index is 5.68. The standard InChI is InChI=1S/C14H16N2O2/c1-2-17-12-3-5-13(6-4-12)18-14-7-11(8-15)9-16-10-14/h3-7,9-10H,2,8,15H2,1H3. The third-order valence-electron chi connectivity index (χ3n) is 2.38. The second kappa shape index (κ2) is 6.02. The van der Waals surface area contributed by atoms with Gasteiger partial charge in [-0.1, -0.05) is 0 Å². The van der Waals surface area contributed by atoms with Crippen LogP contribution in [0.5, 0.6) is 17.2 Å². The highest BCUT2D eigenvalue weighted by atomic mass is 16.5. The van der Waals surface area contributed by atoms with Crippen molar-refractivity contribution in [1.29, 1.82) is 0 Å². The Hall–Kier alpha value is -2.07. The van der Waals surface area contributed by atoms with E-state index in [0.717, 1.165) is 17.1 Å². The summed E-state index contributed by atoms with van der Waals surface area (Å²) in [7, 11) is 0. The molecule has 0 aliphatic heterocycles. The molecule has 2 aromatic rings. The van der Waals surface area contributed by atoms with Crippen molar-refractivity contribution in [1.82, 2.24) is 4.98 Å². The molecule has 94 valence electrons. The van der Waals surface area contributed by atoms with Crippen LogP contribution in [0.4, 0.5) is 0 Å². The number of rotatable bonds is 5. The highest BCUT2D eigenvalue weighted by molar-refractivity contribution is 5.35. The first kappa shape index (κ1) is 12.4. The van der Waals surface area contributed by atoms with Gasteiger partial charge in [-0.3, -0.25) is 4.98 Å². The summed E-state index contributed by atoms with van der Waals surface area (Å²) in [5.41, 5.74) is 6.50. The quantitative estimate of drug-likeness (QED) is 0.878. The Balaban J connectivity index is 2.08. The Morgan fingerprint density at radius 1 is 1.06 bits per heavy atom. The molecule has 0 bridgehead atoms. The molecule has 2 rings (SSSR count). The second-order valence-corrected chi connectivity index (χ2v) is 3.74. The van der Waals surface area contributed by atoms with Gasteiger partial charge in [-0.15, -0.1) is 0 Å². The number of nitrogens with two attached hydrogens (primary N) is 1. The summed E-state index contributed by atoms with van der Waals surface area (Å²) in [5.74, 6) is 2.26. The van der Waals surface area contributed by atoms with Crippen LogP contribution in [-0.2, 0) is 6.54 Å². The monoisotopic (exact) mass is 244 g/mol. The Morgan fingerprint density at radius 3 is 2.44 bits per heavy atom. The molecule has 0 radical (unpaired) electrons. The predicted octanol–water partition coefficient (Wildman–Crippen LogP) is 2.73. The smallest absolute Gasteiger partial charge is 0.146 e. The van der Waals surface area contributed by atoms with E-state index in [2.05, 4.69) is 4.98 Å². The summed E-state index contributed by atoms with van der Waals surface area (Å²) in [4.78, 5) is 4.07. The lowest BCUT2D eigenvalue weighted by molar-refractivity contribution is 0.339. The van der Waals surface area contributed by atoms with Gasteiger partial charge in [0.25, 0.3) is 0 Å². The fourth-order valence-electron chi connectivity index (χ4n) is 1.54. The molecule has 18 heavy (non-hydrogen) atoms. The van der Waals surface area contributed by atoms with Crippen LogP contribution < -0.4 is 15.2 Å². The van der Waals surface area contributed by atoms with Crippen LogP contribution >= 0.6 is 0 Å². The minimum atomic E-state index is 0.452. The number of ether oxygens (including phenoxy) is 2. The van der Waals surface area contributed by atoms with Crippen LogP contribution in [0.15, 0.2) is 42.7 Å². The Morgan fingerprint density at radius 2 is 1.78 bits per heavy atom. The largest absolute Gasteiger partial charge is 0.494 e. The summed E-state index contributed by atoms with van der Waals surface area (Å²) >= 11 is 0. The fraction of sp³-hybridized carbons (Fsp3) is 0.214. The van der Waals surface area contributed by atoms with Crippen LogP contribution in [0.2, 0.25) is 0 Å². The van der Waals surface area contributed by atoms with Crippen molar-refractivity contribution in [3.63, 3.8) is 0 Å². The van der Waals surface area contributed by atoms with Gasteiger partial charge in [-0.25, -0.2) is 0 Å². The molecule has 2 N–H and O–H groups in total. The average Bonchev–Trinajstić information content (AvgIpc) is 2.42. The lowest BCUT2D eigenvalue weighted by atomic mass is 10.3. The second-order valence-electron chi connectivity index (χ2n) is 3.74. The van der Waals surface area contributed by atoms with Gasteiger partial charge in [0.05, 0.1) is 12.8 Å². The number of pyridine rings is 1. The van der Waals surface area contributed by atoms with Crippen molar-refractivity contribution in [3.8, 4) is 17.2 Å². The molecule has 1 aromatic heterocycles. The summed E-state index contributed by atoms with van der Waals surface area (Å²) < 4.78 is 11.0. The molecule has 0 atom stereocenters. The van der Waals surface area contributed by atoms with E-state index in [1.54, 1.807) is 12.4 Å². The lowest BCUT2D eigenvalue weighted by Crippen LogP contribution is -1.97. The minimum absolute atomic E-state index is 0.452. The van der Waals surface area contributed by atoms with E-state index in [-0.39, 0.29) is 0 Å². The first-order valence-electron chi connectivity index (χ1n) is 5.86. The highest BCUT2D eigenvalue weighted by Crippen LogP contribution is 2.23. The molecule has 0 spiro atoms. The lowest BCUT2D eigenvalue weighted by Gasteiger charge is -2.07. The van der Waals surface area contributed by atoms with Crippen molar-refractivity contribution < 1.29 is 9.47 Å². The first-order valence-corrected chi connectivity index (χ1v) is 5.86. The Bertz CT molecular complexity index is 497. The SMILES string of the molecule is CCOc1ccc(Oc2cncc(CN)c2)cc1. The first-order chi connectivity index (χ1) is 8.81. The van der Waals surface area contributed by atoms with Crippen LogP contribution in [0.1, 0.15) is 12.5 Å². The van der Waals surface area contributed by atoms with Crippen LogP contribution in [-0.4, -0.2) is 11.6 Å². The molecular formula is C14H16N2O2. The van der Waals surface area contributed by atoms with Crippen LogP contribution in [0.3, 0.4) is 0 Å². The van der Waals surface area contributed by atoms with Gasteiger partial charge in [0.2, 0.25) is 0 Å². The topological polar surface area (TPSA) is 57.4 Å². The molecule has 4 nitrogen and oxygen atoms in total. The molecule has 1 heterocycles. The normalized spacial score (nSPS) is 10.1. The van der Waals surface area contributed by atoms with Gasteiger partial charge in [0.1, 0.15) is 17.2 Å². The molecular weight excluding hydrogens is 228 g/mol. The zero-order valence-electron chi connectivity index (χ0n) is 10.3. The summed E-state index contributed by atoms with van der Waals surface area (Å²) in [6, 6.07) is 9.35. The van der Waals surface area contributed by atoms with Crippen molar-refractivity contribution in [2.75, 3.05) is 6.61 Å². The highest BCUT2D eigenvalue weighted by Gasteiger charge is 2.00. The molecule has 0 aliphatic rings. The van der Waals surface area contributed by atoms with Crippen molar-refractivity contribution in [2.24, 2.45) is 5.73 Å². The minimum Gasteiger partial charge on any atom is -0.494 e. The Labute approximate surface area is 106 Å². The van der Waals surface area contributed by atoms with E-state index in [1.165, 1.54) is 0 Å². The van der Waals surface area contributed by atoms with Gasteiger partial charge in [-0.2, -0.15) is 0 Å². The van der Waals surface area contributed by atoms with Crippen LogP contribution in [0, 0.1) is 0 Å². The van der Waals surface area contributed by atoms with Gasteiger partial charge in [0, 0.05) is 12.7 Å². The summed E-state index contributed by atoms with van der Waals surface area (Å²) in [6.45, 7) is 3.06. The fourth-order valence-corrected chi connectivity index (χ4v) is 1.54. The van der Waals surface area contributed by atoms with Gasteiger partial charge in [0.15, 0.2) is 0 Å². The van der Waals surface area contributed by atoms with Gasteiger partial charge < -0.3 is 15.2 Å². The van der Waals surface area contributed by atoms with E-state index >= 15 is 0 Å². The molecule has 0 unspecified atom stereocenters. The number of hydrogen-bond donors (Lipinski definition) is 1. The molecule has 1 aromatic carbocycles. The number of benzene rings is 1. The maximum atomic E-state index is 5.68. The van der Waals surface area contributed by atoms with E-state index in [9.17, 15) is 0 Å². The number of aromatic nitrogens is 1. The van der Waals surface area contributed by atoms with Gasteiger partial charge in [-0.05, 0) is 42.8 Å². The van der Waals surface area contributed by atoms with Gasteiger partial charge >= 0.3 is 0 Å². The average molecular weight is 244 g/mol. The van der Waals surface area contributed by atoms with E-state index < -0.39 is 0 Å². The van der Waals surface area contributed by atoms with Crippen molar-refractivity contribution in [3.05, 3.63) is 48.3 Å².